The van der Waals surface area contributed by atoms with Gasteiger partial charge in [0.1, 0.15) is 5.69 Å². The lowest BCUT2D eigenvalue weighted by Gasteiger charge is -2.23. The molecule has 0 aromatic carbocycles. The Morgan fingerprint density at radius 3 is 2.88 bits per heavy atom. The summed E-state index contributed by atoms with van der Waals surface area (Å²) in [5, 5.41) is 4.38. The summed E-state index contributed by atoms with van der Waals surface area (Å²) in [6.07, 6.45) is 0.464. The van der Waals surface area contributed by atoms with Gasteiger partial charge in [-0.2, -0.15) is 0 Å². The van der Waals surface area contributed by atoms with Crippen LogP contribution >= 0.6 is 11.3 Å². The SMILES string of the molecule is CC1(NC(=O)c2cscn2)CCS(=O)(=O)C1. The molecular formula is C9H12N2O3S2. The number of aromatic nitrogens is 1. The zero-order valence-electron chi connectivity index (χ0n) is 8.76. The maximum Gasteiger partial charge on any atom is 0.271 e. The van der Waals surface area contributed by atoms with Gasteiger partial charge in [-0.1, -0.05) is 0 Å². The molecule has 1 aliphatic heterocycles. The van der Waals surface area contributed by atoms with Crippen LogP contribution in [-0.4, -0.2) is 36.4 Å². The Morgan fingerprint density at radius 1 is 1.62 bits per heavy atom. The van der Waals surface area contributed by atoms with E-state index in [2.05, 4.69) is 10.3 Å². The van der Waals surface area contributed by atoms with Crippen molar-refractivity contribution in [2.45, 2.75) is 18.9 Å². The van der Waals surface area contributed by atoms with E-state index in [1.165, 1.54) is 11.3 Å². The van der Waals surface area contributed by atoms with E-state index in [9.17, 15) is 13.2 Å². The van der Waals surface area contributed by atoms with E-state index in [4.69, 9.17) is 0 Å². The molecule has 0 aliphatic carbocycles. The summed E-state index contributed by atoms with van der Waals surface area (Å²) in [6, 6.07) is 0. The van der Waals surface area contributed by atoms with Crippen molar-refractivity contribution in [1.29, 1.82) is 0 Å². The molecule has 1 aliphatic rings. The van der Waals surface area contributed by atoms with Crippen molar-refractivity contribution in [2.75, 3.05) is 11.5 Å². The summed E-state index contributed by atoms with van der Waals surface area (Å²) in [4.78, 5) is 15.6. The lowest BCUT2D eigenvalue weighted by atomic mass is 10.0. The number of carbonyl (C=O) groups is 1. The minimum atomic E-state index is -3.00. The molecule has 2 rings (SSSR count). The summed E-state index contributed by atoms with van der Waals surface area (Å²) >= 11 is 1.33. The van der Waals surface area contributed by atoms with Gasteiger partial charge in [-0.15, -0.1) is 11.3 Å². The number of thiazole rings is 1. The topological polar surface area (TPSA) is 76.1 Å². The van der Waals surface area contributed by atoms with Crippen LogP contribution in [0.3, 0.4) is 0 Å². The molecule has 0 saturated carbocycles. The highest BCUT2D eigenvalue weighted by Crippen LogP contribution is 2.23. The second kappa shape index (κ2) is 3.81. The van der Waals surface area contributed by atoms with E-state index in [1.807, 2.05) is 0 Å². The van der Waals surface area contributed by atoms with E-state index in [-0.39, 0.29) is 17.4 Å². The largest absolute Gasteiger partial charge is 0.344 e. The summed E-state index contributed by atoms with van der Waals surface area (Å²) in [6.45, 7) is 1.75. The molecule has 1 aromatic rings. The van der Waals surface area contributed by atoms with Crippen molar-refractivity contribution in [3.05, 3.63) is 16.6 Å². The Hall–Kier alpha value is -0.950. The molecule has 1 amide bonds. The molecule has 5 nitrogen and oxygen atoms in total. The molecule has 1 N–H and O–H groups in total. The summed E-state index contributed by atoms with van der Waals surface area (Å²) in [7, 11) is -3.00. The van der Waals surface area contributed by atoms with Gasteiger partial charge in [-0.05, 0) is 13.3 Å². The number of sulfone groups is 1. The molecule has 1 saturated heterocycles. The average Bonchev–Trinajstić information content (AvgIpc) is 2.73. The molecular weight excluding hydrogens is 248 g/mol. The summed E-state index contributed by atoms with van der Waals surface area (Å²) < 4.78 is 22.7. The summed E-state index contributed by atoms with van der Waals surface area (Å²) in [5.41, 5.74) is 1.26. The van der Waals surface area contributed by atoms with Gasteiger partial charge in [0.05, 0.1) is 22.6 Å². The number of nitrogens with zero attached hydrogens (tertiary/aromatic N) is 1. The zero-order chi connectivity index (χ0) is 11.8. The highest BCUT2D eigenvalue weighted by molar-refractivity contribution is 7.91. The van der Waals surface area contributed by atoms with Crippen molar-refractivity contribution >= 4 is 27.1 Å². The Labute approximate surface area is 97.8 Å². The molecule has 7 heteroatoms. The summed E-state index contributed by atoms with van der Waals surface area (Å²) in [5.74, 6) is -0.155. The lowest BCUT2D eigenvalue weighted by Crippen LogP contribution is -2.47. The van der Waals surface area contributed by atoms with Gasteiger partial charge in [0, 0.05) is 5.38 Å². The zero-order valence-corrected chi connectivity index (χ0v) is 10.4. The van der Waals surface area contributed by atoms with E-state index in [0.29, 0.717) is 12.1 Å². The standard InChI is InChI=1S/C9H12N2O3S2/c1-9(2-3-16(13,14)5-9)11-8(12)7-4-15-6-10-7/h4,6H,2-3,5H2,1H3,(H,11,12). The lowest BCUT2D eigenvalue weighted by molar-refractivity contribution is 0.0911. The van der Waals surface area contributed by atoms with Gasteiger partial charge in [-0.25, -0.2) is 13.4 Å². The van der Waals surface area contributed by atoms with Crippen LogP contribution in [0, 0.1) is 0 Å². The molecule has 1 aromatic heterocycles. The minimum absolute atomic E-state index is 0.00980. The van der Waals surface area contributed by atoms with Crippen LogP contribution in [0.25, 0.3) is 0 Å². The van der Waals surface area contributed by atoms with Crippen molar-refractivity contribution in [2.24, 2.45) is 0 Å². The van der Waals surface area contributed by atoms with Gasteiger partial charge in [0.15, 0.2) is 9.84 Å². The predicted octanol–water partition coefficient (Wildman–Crippen LogP) is 0.450. The van der Waals surface area contributed by atoms with Gasteiger partial charge >= 0.3 is 0 Å². The maximum atomic E-state index is 11.7. The van der Waals surface area contributed by atoms with Crippen molar-refractivity contribution in [1.82, 2.24) is 10.3 Å². The van der Waals surface area contributed by atoms with Gasteiger partial charge in [0.25, 0.3) is 5.91 Å². The smallest absolute Gasteiger partial charge is 0.271 e. The molecule has 88 valence electrons. The molecule has 0 spiro atoms. The van der Waals surface area contributed by atoms with Crippen LogP contribution in [0.2, 0.25) is 0 Å². The van der Waals surface area contributed by atoms with E-state index >= 15 is 0 Å². The molecule has 0 bridgehead atoms. The normalized spacial score (nSPS) is 27.8. The number of amides is 1. The van der Waals surface area contributed by atoms with Crippen LogP contribution in [0.5, 0.6) is 0 Å². The first-order valence-electron chi connectivity index (χ1n) is 4.81. The third-order valence-electron chi connectivity index (χ3n) is 2.58. The van der Waals surface area contributed by atoms with E-state index in [0.717, 1.165) is 0 Å². The Balaban J connectivity index is 2.09. The highest BCUT2D eigenvalue weighted by Gasteiger charge is 2.39. The van der Waals surface area contributed by atoms with Crippen LogP contribution in [0.1, 0.15) is 23.8 Å². The number of nitrogens with one attached hydrogen (secondary N) is 1. The Morgan fingerprint density at radius 2 is 2.38 bits per heavy atom. The molecule has 2 heterocycles. The molecule has 0 radical (unpaired) electrons. The van der Waals surface area contributed by atoms with Crippen LogP contribution in [0.15, 0.2) is 10.9 Å². The molecule has 16 heavy (non-hydrogen) atoms. The van der Waals surface area contributed by atoms with Crippen LogP contribution in [0.4, 0.5) is 0 Å². The molecule has 1 atom stereocenters. The Bertz CT molecular complexity index is 495. The number of carbonyl (C=O) groups excluding carboxylic acids is 1. The number of hydrogen-bond acceptors (Lipinski definition) is 5. The number of hydrogen-bond donors (Lipinski definition) is 1. The van der Waals surface area contributed by atoms with E-state index in [1.54, 1.807) is 17.8 Å². The predicted molar refractivity (Wildman–Crippen MR) is 61.3 cm³/mol. The highest BCUT2D eigenvalue weighted by atomic mass is 32.2. The monoisotopic (exact) mass is 260 g/mol. The number of rotatable bonds is 2. The van der Waals surface area contributed by atoms with Crippen LogP contribution < -0.4 is 5.32 Å². The minimum Gasteiger partial charge on any atom is -0.344 e. The fourth-order valence-corrected chi connectivity index (χ4v) is 4.40. The van der Waals surface area contributed by atoms with Gasteiger partial charge in [-0.3, -0.25) is 4.79 Å². The second-order valence-electron chi connectivity index (χ2n) is 4.23. The quantitative estimate of drug-likeness (QED) is 0.837. The second-order valence-corrected chi connectivity index (χ2v) is 7.13. The molecule has 1 unspecified atom stereocenters. The first-order chi connectivity index (χ1) is 7.40. The third kappa shape index (κ3) is 2.41. The fraction of sp³-hybridized carbons (Fsp3) is 0.556. The Kier molecular flexibility index (Phi) is 2.75. The average molecular weight is 260 g/mol. The van der Waals surface area contributed by atoms with Gasteiger partial charge in [0.2, 0.25) is 0 Å². The first kappa shape index (κ1) is 11.5. The molecule has 1 fully saturated rings. The fourth-order valence-electron chi connectivity index (χ4n) is 1.77. The van der Waals surface area contributed by atoms with Crippen LogP contribution in [-0.2, 0) is 9.84 Å². The first-order valence-corrected chi connectivity index (χ1v) is 7.58. The van der Waals surface area contributed by atoms with E-state index < -0.39 is 15.4 Å². The van der Waals surface area contributed by atoms with Crippen molar-refractivity contribution in [3.63, 3.8) is 0 Å². The third-order valence-corrected chi connectivity index (χ3v) is 5.07. The maximum absolute atomic E-state index is 11.7. The van der Waals surface area contributed by atoms with Crippen molar-refractivity contribution < 1.29 is 13.2 Å². The van der Waals surface area contributed by atoms with Crippen molar-refractivity contribution in [3.8, 4) is 0 Å². The van der Waals surface area contributed by atoms with Gasteiger partial charge < -0.3 is 5.32 Å².